The number of hydrogen-bond acceptors (Lipinski definition) is 4. The quantitative estimate of drug-likeness (QED) is 0.368. The molecule has 0 bridgehead atoms. The van der Waals surface area contributed by atoms with E-state index in [1.807, 2.05) is 47.3 Å². The minimum atomic E-state index is -0.0469. The van der Waals surface area contributed by atoms with Crippen LogP contribution in [0.1, 0.15) is 12.8 Å². The summed E-state index contributed by atoms with van der Waals surface area (Å²) in [6.07, 6.45) is 7.16. The first kappa shape index (κ1) is 18.5. The molecule has 28 heavy (non-hydrogen) atoms. The number of hydrogen-bond donors (Lipinski definition) is 0. The number of benzene rings is 2. The number of unbranched alkanes of at least 4 members (excludes halogenated alkanes) is 1. The highest BCUT2D eigenvalue weighted by Gasteiger charge is 2.10. The third kappa shape index (κ3) is 4.17. The molecule has 0 atom stereocenters. The van der Waals surface area contributed by atoms with E-state index >= 15 is 0 Å². The van der Waals surface area contributed by atoms with Gasteiger partial charge in [-0.15, -0.1) is 0 Å². The molecule has 4 aromatic rings. The summed E-state index contributed by atoms with van der Waals surface area (Å²) in [5.41, 5.74) is 1.86. The number of nitrogens with zero attached hydrogens (tertiary/aromatic N) is 2. The highest BCUT2D eigenvalue weighted by Crippen LogP contribution is 2.24. The van der Waals surface area contributed by atoms with E-state index in [2.05, 4.69) is 21.0 Å². The maximum absolute atomic E-state index is 12.8. The lowest BCUT2D eigenvalue weighted by atomic mass is 10.1. The number of aryl methyl sites for hydroxylation is 1. The summed E-state index contributed by atoms with van der Waals surface area (Å²) in [7, 11) is 0. The second-order valence-electron chi connectivity index (χ2n) is 6.47. The van der Waals surface area contributed by atoms with E-state index in [0.29, 0.717) is 28.9 Å². The normalized spacial score (nSPS) is 11.0. The molecule has 0 spiro atoms. The van der Waals surface area contributed by atoms with Crippen molar-refractivity contribution in [2.24, 2.45) is 0 Å². The molecule has 4 rings (SSSR count). The van der Waals surface area contributed by atoms with Crippen molar-refractivity contribution in [3.8, 4) is 16.9 Å². The van der Waals surface area contributed by atoms with Crippen molar-refractivity contribution in [3.05, 3.63) is 81.9 Å². The van der Waals surface area contributed by atoms with Gasteiger partial charge in [0.1, 0.15) is 17.6 Å². The Balaban J connectivity index is 1.43. The Morgan fingerprint density at radius 2 is 1.96 bits per heavy atom. The zero-order chi connectivity index (χ0) is 19.3. The molecule has 0 fully saturated rings. The molecule has 0 amide bonds. The zero-order valence-electron chi connectivity index (χ0n) is 15.2. The van der Waals surface area contributed by atoms with Gasteiger partial charge in [0.25, 0.3) is 0 Å². The Bertz CT molecular complexity index is 1120. The van der Waals surface area contributed by atoms with Crippen molar-refractivity contribution < 1.29 is 9.15 Å². The summed E-state index contributed by atoms with van der Waals surface area (Å²) in [4.78, 5) is 12.8. The Labute approximate surface area is 170 Å². The van der Waals surface area contributed by atoms with E-state index in [-0.39, 0.29) is 5.43 Å². The third-order valence-corrected chi connectivity index (χ3v) is 5.04. The lowest BCUT2D eigenvalue weighted by molar-refractivity contribution is 0.302. The van der Waals surface area contributed by atoms with E-state index in [1.165, 1.54) is 6.26 Å². The maximum Gasteiger partial charge on any atom is 0.200 e. The van der Waals surface area contributed by atoms with E-state index in [0.717, 1.165) is 29.4 Å². The lowest BCUT2D eigenvalue weighted by Gasteiger charge is -2.08. The molecule has 0 saturated heterocycles. The lowest BCUT2D eigenvalue weighted by Crippen LogP contribution is -2.05. The molecule has 6 heteroatoms. The predicted octanol–water partition coefficient (Wildman–Crippen LogP) is 5.28. The first-order valence-electron chi connectivity index (χ1n) is 9.12. The van der Waals surface area contributed by atoms with Crippen LogP contribution in [0.15, 0.2) is 80.9 Å². The Hall–Kier alpha value is -2.86. The second kappa shape index (κ2) is 8.44. The van der Waals surface area contributed by atoms with Crippen LogP contribution >= 0.6 is 15.9 Å². The van der Waals surface area contributed by atoms with E-state index in [9.17, 15) is 4.79 Å². The van der Waals surface area contributed by atoms with Crippen LogP contribution in [0, 0.1) is 0 Å². The SMILES string of the molecule is O=c1c(-c2ccc(Br)cc2)coc2cc(OCCCCn3cccn3)ccc12. The molecule has 0 N–H and O–H groups in total. The smallest absolute Gasteiger partial charge is 0.200 e. The summed E-state index contributed by atoms with van der Waals surface area (Å²) in [5.74, 6) is 0.700. The second-order valence-corrected chi connectivity index (χ2v) is 7.38. The summed E-state index contributed by atoms with van der Waals surface area (Å²) in [6.45, 7) is 1.48. The maximum atomic E-state index is 12.8. The molecule has 0 saturated carbocycles. The van der Waals surface area contributed by atoms with Crippen molar-refractivity contribution in [2.75, 3.05) is 6.61 Å². The molecule has 142 valence electrons. The largest absolute Gasteiger partial charge is 0.493 e. The fourth-order valence-corrected chi connectivity index (χ4v) is 3.29. The van der Waals surface area contributed by atoms with Crippen molar-refractivity contribution in [1.29, 1.82) is 0 Å². The first-order chi connectivity index (χ1) is 13.7. The van der Waals surface area contributed by atoms with Crippen LogP contribution in [0.5, 0.6) is 5.75 Å². The summed E-state index contributed by atoms with van der Waals surface area (Å²) < 4.78 is 14.4. The average Bonchev–Trinajstić information content (AvgIpc) is 3.22. The highest BCUT2D eigenvalue weighted by atomic mass is 79.9. The first-order valence-corrected chi connectivity index (χ1v) is 9.92. The molecule has 2 heterocycles. The van der Waals surface area contributed by atoms with Gasteiger partial charge in [-0.3, -0.25) is 9.48 Å². The van der Waals surface area contributed by atoms with Crippen molar-refractivity contribution in [1.82, 2.24) is 9.78 Å². The van der Waals surface area contributed by atoms with Gasteiger partial charge in [-0.05, 0) is 48.7 Å². The molecule has 0 aliphatic carbocycles. The van der Waals surface area contributed by atoms with Gasteiger partial charge in [0, 0.05) is 29.5 Å². The Morgan fingerprint density at radius 3 is 2.75 bits per heavy atom. The molecule has 2 aromatic carbocycles. The van der Waals surface area contributed by atoms with Crippen LogP contribution in [-0.2, 0) is 6.54 Å². The van der Waals surface area contributed by atoms with Gasteiger partial charge in [-0.25, -0.2) is 0 Å². The third-order valence-electron chi connectivity index (χ3n) is 4.51. The Kier molecular flexibility index (Phi) is 5.58. The molecule has 0 aliphatic heterocycles. The highest BCUT2D eigenvalue weighted by molar-refractivity contribution is 9.10. The molecule has 5 nitrogen and oxygen atoms in total. The van der Waals surface area contributed by atoms with Gasteiger partial charge >= 0.3 is 0 Å². The zero-order valence-corrected chi connectivity index (χ0v) is 16.8. The van der Waals surface area contributed by atoms with Crippen LogP contribution < -0.4 is 10.2 Å². The number of fused-ring (bicyclic) bond motifs is 1. The van der Waals surface area contributed by atoms with Crippen molar-refractivity contribution >= 4 is 26.9 Å². The summed E-state index contributed by atoms with van der Waals surface area (Å²) in [6, 6.07) is 14.9. The number of halogens is 1. The minimum Gasteiger partial charge on any atom is -0.493 e. The number of rotatable bonds is 7. The van der Waals surface area contributed by atoms with Crippen LogP contribution in [0.25, 0.3) is 22.1 Å². The van der Waals surface area contributed by atoms with Gasteiger partial charge in [-0.2, -0.15) is 5.10 Å². The molecule has 2 aromatic heterocycles. The minimum absolute atomic E-state index is 0.0469. The molecular weight excluding hydrogens is 420 g/mol. The van der Waals surface area contributed by atoms with E-state index in [4.69, 9.17) is 9.15 Å². The summed E-state index contributed by atoms with van der Waals surface area (Å²) in [5, 5.41) is 4.73. The van der Waals surface area contributed by atoms with E-state index < -0.39 is 0 Å². The van der Waals surface area contributed by atoms with E-state index in [1.54, 1.807) is 18.3 Å². The van der Waals surface area contributed by atoms with Gasteiger partial charge < -0.3 is 9.15 Å². The molecule has 0 unspecified atom stereocenters. The van der Waals surface area contributed by atoms with Crippen LogP contribution in [-0.4, -0.2) is 16.4 Å². The van der Waals surface area contributed by atoms with Crippen LogP contribution in [0.2, 0.25) is 0 Å². The average molecular weight is 439 g/mol. The summed E-state index contributed by atoms with van der Waals surface area (Å²) >= 11 is 3.40. The van der Waals surface area contributed by atoms with Crippen LogP contribution in [0.3, 0.4) is 0 Å². The van der Waals surface area contributed by atoms with Crippen molar-refractivity contribution in [3.63, 3.8) is 0 Å². The topological polar surface area (TPSA) is 57.3 Å². The van der Waals surface area contributed by atoms with Gasteiger partial charge in [0.15, 0.2) is 5.43 Å². The fourth-order valence-electron chi connectivity index (χ4n) is 3.03. The monoisotopic (exact) mass is 438 g/mol. The van der Waals surface area contributed by atoms with Crippen LogP contribution in [0.4, 0.5) is 0 Å². The van der Waals surface area contributed by atoms with Gasteiger partial charge in [0.2, 0.25) is 0 Å². The van der Waals surface area contributed by atoms with Crippen molar-refractivity contribution in [2.45, 2.75) is 19.4 Å². The molecular formula is C22H19BrN2O3. The van der Waals surface area contributed by atoms with Gasteiger partial charge in [0.05, 0.1) is 17.6 Å². The standard InChI is InChI=1S/C22H19BrN2O3/c23-17-6-4-16(5-7-17)20-15-28-21-14-18(8-9-19(21)22(20)26)27-13-2-1-11-25-12-3-10-24-25/h3-10,12,14-15H,1-2,11,13H2. The number of aromatic nitrogens is 2. The Morgan fingerprint density at radius 1 is 1.11 bits per heavy atom. The molecule has 0 aliphatic rings. The number of ether oxygens (including phenoxy) is 1. The predicted molar refractivity (Wildman–Crippen MR) is 113 cm³/mol. The van der Waals surface area contributed by atoms with Gasteiger partial charge in [-0.1, -0.05) is 28.1 Å². The fraction of sp³-hybridized carbons (Fsp3) is 0.182. The molecule has 0 radical (unpaired) electrons.